The van der Waals surface area contributed by atoms with E-state index in [1.54, 1.807) is 12.4 Å². The Morgan fingerprint density at radius 3 is 3.07 bits per heavy atom. The van der Waals surface area contributed by atoms with Crippen LogP contribution in [-0.4, -0.2) is 11.2 Å². The van der Waals surface area contributed by atoms with Gasteiger partial charge in [-0.3, -0.25) is 9.98 Å². The van der Waals surface area contributed by atoms with Crippen LogP contribution >= 0.6 is 0 Å². The van der Waals surface area contributed by atoms with Gasteiger partial charge < -0.3 is 0 Å². The molecule has 78 valence electrons. The first-order chi connectivity index (χ1) is 7.38. The van der Waals surface area contributed by atoms with Crippen LogP contribution < -0.4 is 0 Å². The highest BCUT2D eigenvalue weighted by Crippen LogP contribution is 2.07. The van der Waals surface area contributed by atoms with Crippen LogP contribution in [0.3, 0.4) is 0 Å². The minimum Gasteiger partial charge on any atom is -0.265 e. The molecule has 0 aliphatic rings. The maximum atomic E-state index is 4.30. The van der Waals surface area contributed by atoms with E-state index in [-0.39, 0.29) is 0 Å². The topological polar surface area (TPSA) is 25.2 Å². The number of rotatable bonds is 4. The maximum absolute atomic E-state index is 4.30. The number of aromatic nitrogens is 1. The molecule has 0 aromatic carbocycles. The van der Waals surface area contributed by atoms with E-state index in [0.29, 0.717) is 0 Å². The summed E-state index contributed by atoms with van der Waals surface area (Å²) in [6.07, 6.45) is 12.1. The van der Waals surface area contributed by atoms with Gasteiger partial charge in [0, 0.05) is 24.3 Å². The minimum atomic E-state index is 0.944. The van der Waals surface area contributed by atoms with Crippen molar-refractivity contribution in [3.05, 3.63) is 47.9 Å². The summed E-state index contributed by atoms with van der Waals surface area (Å²) in [4.78, 5) is 8.41. The van der Waals surface area contributed by atoms with Crippen LogP contribution in [-0.2, 0) is 6.42 Å². The summed E-state index contributed by atoms with van der Waals surface area (Å²) in [5, 5.41) is 0. The lowest BCUT2D eigenvalue weighted by molar-refractivity contribution is 1.03. The lowest BCUT2D eigenvalue weighted by Gasteiger charge is -1.99. The summed E-state index contributed by atoms with van der Waals surface area (Å²) in [6.45, 7) is 4.06. The summed E-state index contributed by atoms with van der Waals surface area (Å²) in [5.41, 5.74) is 2.24. The number of hydrogen-bond acceptors (Lipinski definition) is 2. The van der Waals surface area contributed by atoms with Crippen LogP contribution in [0.4, 0.5) is 0 Å². The Balaban J connectivity index is 2.71. The van der Waals surface area contributed by atoms with Crippen molar-refractivity contribution in [3.8, 4) is 0 Å². The second kappa shape index (κ2) is 6.71. The van der Waals surface area contributed by atoms with Crippen molar-refractivity contribution in [3.63, 3.8) is 0 Å². The fraction of sp³-hybridized carbons (Fsp3) is 0.231. The molecule has 0 atom stereocenters. The zero-order valence-corrected chi connectivity index (χ0v) is 9.22. The molecule has 0 amide bonds. The van der Waals surface area contributed by atoms with Crippen LogP contribution in [0.15, 0.2) is 41.7 Å². The van der Waals surface area contributed by atoms with E-state index < -0.39 is 0 Å². The number of aliphatic imine (C=N–C) groups is 1. The Bertz CT molecular complexity index is 376. The van der Waals surface area contributed by atoms with E-state index >= 15 is 0 Å². The van der Waals surface area contributed by atoms with Gasteiger partial charge in [-0.2, -0.15) is 0 Å². The molecule has 0 aliphatic heterocycles. The number of hydrogen-bond donors (Lipinski definition) is 0. The van der Waals surface area contributed by atoms with Crippen molar-refractivity contribution in [1.82, 2.24) is 4.98 Å². The second-order valence-corrected chi connectivity index (χ2v) is 3.03. The van der Waals surface area contributed by atoms with Gasteiger partial charge in [-0.25, -0.2) is 0 Å². The predicted molar refractivity (Wildman–Crippen MR) is 66.0 cm³/mol. The first-order valence-electron chi connectivity index (χ1n) is 5.13. The second-order valence-electron chi connectivity index (χ2n) is 3.03. The smallest absolute Gasteiger partial charge is 0.0473 e. The molecule has 0 aliphatic carbocycles. The first-order valence-corrected chi connectivity index (χ1v) is 5.13. The summed E-state index contributed by atoms with van der Waals surface area (Å²) >= 11 is 0. The molecule has 2 nitrogen and oxygen atoms in total. The molecule has 0 unspecified atom stereocenters. The average Bonchev–Trinajstić information content (AvgIpc) is 2.29. The summed E-state index contributed by atoms with van der Waals surface area (Å²) in [7, 11) is 0. The quantitative estimate of drug-likeness (QED) is 0.685. The van der Waals surface area contributed by atoms with Gasteiger partial charge in [0.2, 0.25) is 0 Å². The molecular formula is C13H16N2. The largest absolute Gasteiger partial charge is 0.265 e. The van der Waals surface area contributed by atoms with Gasteiger partial charge in [0.15, 0.2) is 0 Å². The molecule has 0 spiro atoms. The Morgan fingerprint density at radius 2 is 2.33 bits per heavy atom. The van der Waals surface area contributed by atoms with Gasteiger partial charge in [-0.1, -0.05) is 19.1 Å². The van der Waals surface area contributed by atoms with E-state index in [1.807, 2.05) is 43.5 Å². The third-order valence-corrected chi connectivity index (χ3v) is 1.97. The maximum Gasteiger partial charge on any atom is 0.0473 e. The van der Waals surface area contributed by atoms with Crippen molar-refractivity contribution in [2.75, 3.05) is 0 Å². The number of allylic oxidation sites excluding steroid dienone is 2. The third-order valence-electron chi connectivity index (χ3n) is 1.97. The van der Waals surface area contributed by atoms with Gasteiger partial charge in [-0.05, 0) is 37.1 Å². The van der Waals surface area contributed by atoms with E-state index in [4.69, 9.17) is 0 Å². The molecule has 1 aromatic heterocycles. The highest BCUT2D eigenvalue weighted by molar-refractivity contribution is 5.72. The lowest BCUT2D eigenvalue weighted by Crippen LogP contribution is -1.89. The number of nitrogens with zero attached hydrogens (tertiary/aromatic N) is 2. The summed E-state index contributed by atoms with van der Waals surface area (Å²) in [6, 6.07) is 3.99. The molecule has 1 aromatic rings. The van der Waals surface area contributed by atoms with Crippen molar-refractivity contribution >= 4 is 12.3 Å². The number of pyridine rings is 1. The number of aryl methyl sites for hydroxylation is 1. The Hall–Kier alpha value is -1.70. The van der Waals surface area contributed by atoms with Crippen LogP contribution in [0, 0.1) is 0 Å². The SMILES string of the molecule is C\C=C/C=N/C=C/c1cccnc1CC. The van der Waals surface area contributed by atoms with Gasteiger partial charge in [0.25, 0.3) is 0 Å². The molecule has 0 saturated carbocycles. The van der Waals surface area contributed by atoms with E-state index in [9.17, 15) is 0 Å². The summed E-state index contributed by atoms with van der Waals surface area (Å²) in [5.74, 6) is 0. The fourth-order valence-corrected chi connectivity index (χ4v) is 1.21. The standard InChI is InChI=1S/C13H16N2/c1-3-5-9-14-11-8-12-7-6-10-15-13(12)4-2/h3,5-11H,4H2,1-2H3/b5-3-,11-8+,14-9+. The van der Waals surface area contributed by atoms with E-state index in [2.05, 4.69) is 16.9 Å². The highest BCUT2D eigenvalue weighted by atomic mass is 14.7. The predicted octanol–water partition coefficient (Wildman–Crippen LogP) is 3.26. The Labute approximate surface area is 91.1 Å². The van der Waals surface area contributed by atoms with E-state index in [1.165, 1.54) is 0 Å². The molecule has 0 N–H and O–H groups in total. The Kier molecular flexibility index (Phi) is 5.09. The first kappa shape index (κ1) is 11.4. The molecular weight excluding hydrogens is 184 g/mol. The molecule has 15 heavy (non-hydrogen) atoms. The van der Waals surface area contributed by atoms with Crippen LogP contribution in [0.5, 0.6) is 0 Å². The fourth-order valence-electron chi connectivity index (χ4n) is 1.21. The lowest BCUT2D eigenvalue weighted by atomic mass is 10.1. The molecule has 0 saturated heterocycles. The monoisotopic (exact) mass is 200 g/mol. The van der Waals surface area contributed by atoms with Gasteiger partial charge >= 0.3 is 0 Å². The molecule has 0 bridgehead atoms. The van der Waals surface area contributed by atoms with Crippen LogP contribution in [0.2, 0.25) is 0 Å². The van der Waals surface area contributed by atoms with Gasteiger partial charge in [-0.15, -0.1) is 0 Å². The molecule has 1 heterocycles. The molecule has 0 radical (unpaired) electrons. The van der Waals surface area contributed by atoms with E-state index in [0.717, 1.165) is 17.7 Å². The van der Waals surface area contributed by atoms with Crippen molar-refractivity contribution in [1.29, 1.82) is 0 Å². The highest BCUT2D eigenvalue weighted by Gasteiger charge is 1.95. The average molecular weight is 200 g/mol. The Morgan fingerprint density at radius 1 is 1.47 bits per heavy atom. The molecule has 0 fully saturated rings. The van der Waals surface area contributed by atoms with Crippen molar-refractivity contribution < 1.29 is 0 Å². The minimum absolute atomic E-state index is 0.944. The van der Waals surface area contributed by atoms with Gasteiger partial charge in [0.05, 0.1) is 0 Å². The third kappa shape index (κ3) is 3.90. The zero-order chi connectivity index (χ0) is 10.9. The molecule has 1 rings (SSSR count). The van der Waals surface area contributed by atoms with Crippen LogP contribution in [0.25, 0.3) is 6.08 Å². The van der Waals surface area contributed by atoms with Crippen molar-refractivity contribution in [2.45, 2.75) is 20.3 Å². The molecule has 2 heteroatoms. The van der Waals surface area contributed by atoms with Crippen LogP contribution in [0.1, 0.15) is 25.1 Å². The zero-order valence-electron chi connectivity index (χ0n) is 9.22. The summed E-state index contributed by atoms with van der Waals surface area (Å²) < 4.78 is 0. The van der Waals surface area contributed by atoms with Gasteiger partial charge in [0.1, 0.15) is 0 Å². The normalized spacial score (nSPS) is 12.1. The van der Waals surface area contributed by atoms with Crippen molar-refractivity contribution in [2.24, 2.45) is 4.99 Å².